The normalized spacial score (nSPS) is 14.0. The van der Waals surface area contributed by atoms with E-state index in [-0.39, 0.29) is 5.91 Å². The van der Waals surface area contributed by atoms with Gasteiger partial charge in [0.25, 0.3) is 5.91 Å². The maximum absolute atomic E-state index is 12.7. The number of carbonyl (C=O) groups is 1. The van der Waals surface area contributed by atoms with Crippen LogP contribution in [-0.2, 0) is 0 Å². The first-order chi connectivity index (χ1) is 13.7. The summed E-state index contributed by atoms with van der Waals surface area (Å²) in [5, 5.41) is 3.88. The standard InChI is InChI=1S/C20H19ClN6O/c21-15-3-1-4-16(13-15)25-17-5-6-18(24-14-17)19(28)26-9-11-27(12-10-26)20-22-7-2-8-23-20/h1-8,13-14,25H,9-12H2. The predicted molar refractivity (Wildman–Crippen MR) is 109 cm³/mol. The molecule has 0 aliphatic carbocycles. The maximum atomic E-state index is 12.7. The SMILES string of the molecule is O=C(c1ccc(Nc2cccc(Cl)c2)cn1)N1CCN(c2ncccn2)CC1. The first-order valence-corrected chi connectivity index (χ1v) is 9.37. The number of hydrogen-bond donors (Lipinski definition) is 1. The van der Waals surface area contributed by atoms with Crippen LogP contribution in [0.3, 0.4) is 0 Å². The Morgan fingerprint density at radius 3 is 2.39 bits per heavy atom. The van der Waals surface area contributed by atoms with Gasteiger partial charge in [-0.3, -0.25) is 4.79 Å². The van der Waals surface area contributed by atoms with Crippen LogP contribution in [0.1, 0.15) is 10.5 Å². The van der Waals surface area contributed by atoms with Gasteiger partial charge in [-0.15, -0.1) is 0 Å². The van der Waals surface area contributed by atoms with E-state index in [1.165, 1.54) is 0 Å². The average molecular weight is 395 g/mol. The lowest BCUT2D eigenvalue weighted by Crippen LogP contribution is -2.49. The van der Waals surface area contributed by atoms with E-state index in [0.717, 1.165) is 11.4 Å². The van der Waals surface area contributed by atoms with Crippen LogP contribution in [0, 0.1) is 0 Å². The number of benzene rings is 1. The summed E-state index contributed by atoms with van der Waals surface area (Å²) in [6.07, 6.45) is 5.10. The minimum Gasteiger partial charge on any atom is -0.354 e. The van der Waals surface area contributed by atoms with E-state index in [2.05, 4.69) is 25.2 Å². The number of nitrogens with zero attached hydrogens (tertiary/aromatic N) is 5. The highest BCUT2D eigenvalue weighted by molar-refractivity contribution is 6.30. The highest BCUT2D eigenvalue weighted by Crippen LogP contribution is 2.20. The Hall–Kier alpha value is -3.19. The Morgan fingerprint density at radius 2 is 1.71 bits per heavy atom. The van der Waals surface area contributed by atoms with Crippen LogP contribution in [0.25, 0.3) is 0 Å². The monoisotopic (exact) mass is 394 g/mol. The molecule has 1 saturated heterocycles. The van der Waals surface area contributed by atoms with Crippen LogP contribution < -0.4 is 10.2 Å². The van der Waals surface area contributed by atoms with Gasteiger partial charge in [0.15, 0.2) is 0 Å². The Morgan fingerprint density at radius 1 is 0.929 bits per heavy atom. The zero-order valence-corrected chi connectivity index (χ0v) is 15.9. The number of carbonyl (C=O) groups excluding carboxylic acids is 1. The molecule has 1 aliphatic heterocycles. The first-order valence-electron chi connectivity index (χ1n) is 8.99. The maximum Gasteiger partial charge on any atom is 0.272 e. The second-order valence-electron chi connectivity index (χ2n) is 6.40. The van der Waals surface area contributed by atoms with Crippen LogP contribution in [0.2, 0.25) is 5.02 Å². The van der Waals surface area contributed by atoms with Crippen molar-refractivity contribution in [3.05, 3.63) is 71.8 Å². The molecule has 0 spiro atoms. The molecular formula is C20H19ClN6O. The molecule has 1 aliphatic rings. The largest absolute Gasteiger partial charge is 0.354 e. The van der Waals surface area contributed by atoms with Crippen molar-refractivity contribution < 1.29 is 4.79 Å². The van der Waals surface area contributed by atoms with Crippen molar-refractivity contribution in [1.29, 1.82) is 0 Å². The third kappa shape index (κ3) is 4.20. The minimum atomic E-state index is -0.0667. The molecule has 28 heavy (non-hydrogen) atoms. The summed E-state index contributed by atoms with van der Waals surface area (Å²) in [4.78, 5) is 29.5. The molecule has 4 rings (SSSR count). The molecule has 1 N–H and O–H groups in total. The lowest BCUT2D eigenvalue weighted by Gasteiger charge is -2.34. The average Bonchev–Trinajstić information content (AvgIpc) is 2.75. The van der Waals surface area contributed by atoms with Gasteiger partial charge in [-0.1, -0.05) is 17.7 Å². The molecule has 3 heterocycles. The fraction of sp³-hybridized carbons (Fsp3) is 0.200. The number of piperazine rings is 1. The summed E-state index contributed by atoms with van der Waals surface area (Å²) in [6, 6.07) is 12.8. The second kappa shape index (κ2) is 8.22. The van der Waals surface area contributed by atoms with Crippen LogP contribution in [0.15, 0.2) is 61.1 Å². The molecule has 142 valence electrons. The van der Waals surface area contributed by atoms with Gasteiger partial charge >= 0.3 is 0 Å². The van der Waals surface area contributed by atoms with Gasteiger partial charge in [-0.05, 0) is 36.4 Å². The molecule has 1 fully saturated rings. The fourth-order valence-electron chi connectivity index (χ4n) is 3.05. The molecule has 0 saturated carbocycles. The highest BCUT2D eigenvalue weighted by Gasteiger charge is 2.24. The number of aromatic nitrogens is 3. The zero-order valence-electron chi connectivity index (χ0n) is 15.1. The topological polar surface area (TPSA) is 74.2 Å². The first kappa shape index (κ1) is 18.2. The van der Waals surface area contributed by atoms with E-state index in [0.29, 0.717) is 42.8 Å². The summed E-state index contributed by atoms with van der Waals surface area (Å²) in [6.45, 7) is 2.62. The third-order valence-corrected chi connectivity index (χ3v) is 4.73. The fourth-order valence-corrected chi connectivity index (χ4v) is 3.24. The van der Waals surface area contributed by atoms with Gasteiger partial charge in [-0.25, -0.2) is 15.0 Å². The molecule has 0 bridgehead atoms. The van der Waals surface area contributed by atoms with Crippen LogP contribution in [0.5, 0.6) is 0 Å². The second-order valence-corrected chi connectivity index (χ2v) is 6.83. The lowest BCUT2D eigenvalue weighted by atomic mass is 10.2. The van der Waals surface area contributed by atoms with E-state index in [4.69, 9.17) is 11.6 Å². The zero-order chi connectivity index (χ0) is 19.3. The minimum absolute atomic E-state index is 0.0667. The van der Waals surface area contributed by atoms with Crippen LogP contribution in [0.4, 0.5) is 17.3 Å². The smallest absolute Gasteiger partial charge is 0.272 e. The number of rotatable bonds is 4. The van der Waals surface area contributed by atoms with E-state index in [1.807, 2.05) is 35.2 Å². The Labute approximate surface area is 168 Å². The van der Waals surface area contributed by atoms with E-state index in [9.17, 15) is 4.79 Å². The van der Waals surface area contributed by atoms with Crippen molar-refractivity contribution >= 4 is 34.8 Å². The Kier molecular flexibility index (Phi) is 5.34. The van der Waals surface area contributed by atoms with Crippen molar-refractivity contribution in [3.8, 4) is 0 Å². The summed E-state index contributed by atoms with van der Waals surface area (Å²) in [5.41, 5.74) is 2.10. The van der Waals surface area contributed by atoms with Crippen molar-refractivity contribution in [1.82, 2.24) is 19.9 Å². The quantitative estimate of drug-likeness (QED) is 0.732. The molecular weight excluding hydrogens is 376 g/mol. The van der Waals surface area contributed by atoms with E-state index >= 15 is 0 Å². The number of hydrogen-bond acceptors (Lipinski definition) is 6. The van der Waals surface area contributed by atoms with Gasteiger partial charge in [-0.2, -0.15) is 0 Å². The van der Waals surface area contributed by atoms with Gasteiger partial charge in [0.2, 0.25) is 5.95 Å². The molecule has 3 aromatic rings. The van der Waals surface area contributed by atoms with Crippen molar-refractivity contribution in [2.24, 2.45) is 0 Å². The summed E-state index contributed by atoms with van der Waals surface area (Å²) < 4.78 is 0. The number of amides is 1. The Balaban J connectivity index is 1.36. The molecule has 1 amide bonds. The molecule has 0 unspecified atom stereocenters. The van der Waals surface area contributed by atoms with Crippen LogP contribution in [-0.4, -0.2) is 51.9 Å². The van der Waals surface area contributed by atoms with Crippen molar-refractivity contribution in [3.63, 3.8) is 0 Å². The highest BCUT2D eigenvalue weighted by atomic mass is 35.5. The molecule has 7 nitrogen and oxygen atoms in total. The van der Waals surface area contributed by atoms with Crippen molar-refractivity contribution in [2.75, 3.05) is 36.4 Å². The molecule has 1 aromatic carbocycles. The summed E-state index contributed by atoms with van der Waals surface area (Å²) in [5.74, 6) is 0.632. The van der Waals surface area contributed by atoms with Gasteiger partial charge in [0, 0.05) is 49.3 Å². The van der Waals surface area contributed by atoms with Crippen LogP contribution >= 0.6 is 11.6 Å². The van der Waals surface area contributed by atoms with E-state index < -0.39 is 0 Å². The van der Waals surface area contributed by atoms with Gasteiger partial charge in [0.1, 0.15) is 5.69 Å². The number of nitrogens with one attached hydrogen (secondary N) is 1. The summed E-state index contributed by atoms with van der Waals surface area (Å²) in [7, 11) is 0. The van der Waals surface area contributed by atoms with E-state index in [1.54, 1.807) is 30.7 Å². The number of anilines is 3. The molecule has 0 atom stereocenters. The number of pyridine rings is 1. The predicted octanol–water partition coefficient (Wildman–Crippen LogP) is 3.23. The van der Waals surface area contributed by atoms with Gasteiger partial charge < -0.3 is 15.1 Å². The third-order valence-electron chi connectivity index (χ3n) is 4.50. The Bertz CT molecular complexity index is 942. The van der Waals surface area contributed by atoms with Crippen molar-refractivity contribution in [2.45, 2.75) is 0 Å². The van der Waals surface area contributed by atoms with Gasteiger partial charge in [0.05, 0.1) is 11.9 Å². The lowest BCUT2D eigenvalue weighted by molar-refractivity contribution is 0.0740. The molecule has 8 heteroatoms. The molecule has 2 aromatic heterocycles. The molecule has 0 radical (unpaired) electrons. The number of halogens is 1. The summed E-state index contributed by atoms with van der Waals surface area (Å²) >= 11 is 6.00.